The molecule has 6 heteroatoms. The summed E-state index contributed by atoms with van der Waals surface area (Å²) in [4.78, 5) is 27.0. The molecule has 0 aromatic rings. The molecule has 2 rings (SSSR count). The van der Waals surface area contributed by atoms with Crippen LogP contribution in [0.2, 0.25) is 0 Å². The third kappa shape index (κ3) is 3.47. The maximum absolute atomic E-state index is 12.3. The molecule has 0 aromatic heterocycles. The van der Waals surface area contributed by atoms with Gasteiger partial charge in [0.2, 0.25) is 12.3 Å². The summed E-state index contributed by atoms with van der Waals surface area (Å²) < 4.78 is 9.28. The van der Waals surface area contributed by atoms with Gasteiger partial charge in [-0.15, -0.1) is 0 Å². The van der Waals surface area contributed by atoms with Gasteiger partial charge < -0.3 is 9.80 Å². The summed E-state index contributed by atoms with van der Waals surface area (Å²) in [6, 6.07) is 0.228. The maximum atomic E-state index is 12.3. The van der Waals surface area contributed by atoms with Gasteiger partial charge in [0.05, 0.1) is 6.54 Å². The van der Waals surface area contributed by atoms with E-state index in [1.807, 2.05) is 11.2 Å². The van der Waals surface area contributed by atoms with E-state index in [0.29, 0.717) is 19.6 Å². The van der Waals surface area contributed by atoms with Gasteiger partial charge in [0.1, 0.15) is 1.37 Å². The van der Waals surface area contributed by atoms with Crippen LogP contribution in [0.15, 0.2) is 0 Å². The van der Waals surface area contributed by atoms with Crippen molar-refractivity contribution in [2.24, 2.45) is 5.41 Å². The third-order valence-electron chi connectivity index (χ3n) is 4.54. The number of piperidine rings is 1. The Morgan fingerprint density at radius 1 is 1.50 bits per heavy atom. The van der Waals surface area contributed by atoms with Crippen molar-refractivity contribution in [3.63, 3.8) is 0 Å². The van der Waals surface area contributed by atoms with Crippen molar-refractivity contribution in [1.82, 2.24) is 14.1 Å². The summed E-state index contributed by atoms with van der Waals surface area (Å²) in [6.07, 6.45) is 3.14. The molecule has 2 aliphatic rings. The first kappa shape index (κ1) is 14.2. The summed E-state index contributed by atoms with van der Waals surface area (Å²) in [5.74, 6) is 0.198. The SMILES string of the molecule is [3H]C(=O)N1CCC(C)(CN2C(=O)CN(SC)CC2C)CC1. The van der Waals surface area contributed by atoms with E-state index in [1.165, 1.54) is 0 Å². The van der Waals surface area contributed by atoms with Gasteiger partial charge in [-0.25, -0.2) is 4.31 Å². The van der Waals surface area contributed by atoms with Gasteiger partial charge in [0, 0.05) is 32.2 Å². The Bertz CT molecular complexity index is 413. The normalized spacial score (nSPS) is 28.4. The number of rotatable bonds is 3. The van der Waals surface area contributed by atoms with Gasteiger partial charge in [-0.3, -0.25) is 9.59 Å². The molecular formula is C14H25N3O2S. The molecule has 0 saturated carbocycles. The van der Waals surface area contributed by atoms with Crippen LogP contribution in [0, 0.1) is 5.41 Å². The average molecular weight is 301 g/mol. The summed E-state index contributed by atoms with van der Waals surface area (Å²) in [5.41, 5.74) is 0.0530. The lowest BCUT2D eigenvalue weighted by molar-refractivity contribution is -0.139. The number of carbonyl (C=O) groups is 2. The van der Waals surface area contributed by atoms with Crippen molar-refractivity contribution in [3.05, 3.63) is 0 Å². The van der Waals surface area contributed by atoms with E-state index in [0.717, 1.165) is 25.9 Å². The Morgan fingerprint density at radius 3 is 2.65 bits per heavy atom. The molecule has 2 heterocycles. The first-order valence-corrected chi connectivity index (χ1v) is 8.37. The van der Waals surface area contributed by atoms with Gasteiger partial charge >= 0.3 is 0 Å². The van der Waals surface area contributed by atoms with Crippen LogP contribution in [-0.2, 0) is 9.59 Å². The summed E-state index contributed by atoms with van der Waals surface area (Å²) in [6.45, 7) is 7.71. The number of hydrogen-bond acceptors (Lipinski definition) is 4. The number of likely N-dealkylation sites (tertiary alicyclic amines) is 1. The number of amides is 2. The lowest BCUT2D eigenvalue weighted by Gasteiger charge is -2.45. The maximum Gasteiger partial charge on any atom is 0.238 e. The van der Waals surface area contributed by atoms with Crippen LogP contribution >= 0.6 is 11.9 Å². The smallest absolute Gasteiger partial charge is 0.238 e. The minimum atomic E-state index is -0.588. The number of hydrogen-bond donors (Lipinski definition) is 0. The highest BCUT2D eigenvalue weighted by Crippen LogP contribution is 2.33. The van der Waals surface area contributed by atoms with Gasteiger partial charge in [-0.05, 0) is 31.4 Å². The quantitative estimate of drug-likeness (QED) is 0.577. The first-order valence-electron chi connectivity index (χ1n) is 7.69. The molecule has 1 unspecified atom stereocenters. The monoisotopic (exact) mass is 301 g/mol. The topological polar surface area (TPSA) is 43.9 Å². The molecule has 0 N–H and O–H groups in total. The molecule has 0 bridgehead atoms. The average Bonchev–Trinajstić information content (AvgIpc) is 2.43. The van der Waals surface area contributed by atoms with Crippen LogP contribution in [0.5, 0.6) is 0 Å². The predicted octanol–water partition coefficient (Wildman–Crippen LogP) is 1.06. The number of piperazine rings is 1. The molecule has 114 valence electrons. The lowest BCUT2D eigenvalue weighted by Crippen LogP contribution is -2.57. The summed E-state index contributed by atoms with van der Waals surface area (Å²) in [7, 11) is 0. The minimum Gasteiger partial charge on any atom is -0.345 e. The molecule has 2 saturated heterocycles. The fourth-order valence-corrected chi connectivity index (χ4v) is 3.64. The highest BCUT2D eigenvalue weighted by atomic mass is 32.2. The predicted molar refractivity (Wildman–Crippen MR) is 81.2 cm³/mol. The van der Waals surface area contributed by atoms with Crippen LogP contribution in [0.3, 0.4) is 0 Å². The van der Waals surface area contributed by atoms with Crippen LogP contribution in [-0.4, -0.2) is 71.4 Å². The zero-order valence-corrected chi connectivity index (χ0v) is 13.4. The lowest BCUT2D eigenvalue weighted by atomic mass is 9.79. The minimum absolute atomic E-state index is 0.0530. The van der Waals surface area contributed by atoms with Crippen molar-refractivity contribution < 1.29 is 11.0 Å². The van der Waals surface area contributed by atoms with E-state index >= 15 is 0 Å². The molecule has 20 heavy (non-hydrogen) atoms. The van der Waals surface area contributed by atoms with E-state index in [2.05, 4.69) is 18.2 Å². The molecule has 0 spiro atoms. The molecular weight excluding hydrogens is 274 g/mol. The molecule has 5 nitrogen and oxygen atoms in total. The molecule has 2 amide bonds. The Kier molecular flexibility index (Phi) is 4.51. The number of nitrogens with zero attached hydrogens (tertiary/aromatic N) is 3. The van der Waals surface area contributed by atoms with Crippen LogP contribution in [0.25, 0.3) is 0 Å². The van der Waals surface area contributed by atoms with Crippen LogP contribution in [0.1, 0.15) is 28.1 Å². The first-order chi connectivity index (χ1) is 9.84. The Balaban J connectivity index is 1.95. The van der Waals surface area contributed by atoms with Gasteiger partial charge in [-0.1, -0.05) is 18.9 Å². The van der Waals surface area contributed by atoms with E-state index in [-0.39, 0.29) is 17.4 Å². The van der Waals surface area contributed by atoms with E-state index in [1.54, 1.807) is 16.8 Å². The Morgan fingerprint density at radius 2 is 2.15 bits per heavy atom. The zero-order valence-electron chi connectivity index (χ0n) is 13.6. The van der Waals surface area contributed by atoms with Crippen LogP contribution in [0.4, 0.5) is 0 Å². The molecule has 2 aliphatic heterocycles. The molecule has 0 aromatic carbocycles. The second-order valence-corrected chi connectivity index (χ2v) is 7.15. The molecule has 1 atom stereocenters. The second-order valence-electron chi connectivity index (χ2n) is 6.26. The standard InChI is InChI=1S/C14H25N3O2S/c1-12-8-16(20-3)9-13(19)17(12)10-14(2)4-6-15(11-18)7-5-14/h11-12H,4-10H2,1-3H3/i11T. The highest BCUT2D eigenvalue weighted by molar-refractivity contribution is 7.96. The third-order valence-corrected chi connectivity index (χ3v) is 5.34. The Hall–Kier alpha value is -0.750. The van der Waals surface area contributed by atoms with Gasteiger partial charge in [0.15, 0.2) is 0 Å². The van der Waals surface area contributed by atoms with Crippen LogP contribution < -0.4 is 0 Å². The second kappa shape index (κ2) is 6.35. The van der Waals surface area contributed by atoms with Crippen molar-refractivity contribution >= 4 is 24.2 Å². The van der Waals surface area contributed by atoms with E-state index < -0.39 is 6.39 Å². The summed E-state index contributed by atoms with van der Waals surface area (Å²) in [5, 5.41) is 0. The molecule has 0 aliphatic carbocycles. The fraction of sp³-hybridized carbons (Fsp3) is 0.857. The van der Waals surface area contributed by atoms with Crippen molar-refractivity contribution in [3.8, 4) is 0 Å². The highest BCUT2D eigenvalue weighted by Gasteiger charge is 2.37. The molecule has 0 radical (unpaired) electrons. The number of carbonyl (C=O) groups excluding carboxylic acids is 2. The zero-order chi connectivity index (χ0) is 15.6. The van der Waals surface area contributed by atoms with E-state index in [9.17, 15) is 9.59 Å². The van der Waals surface area contributed by atoms with Crippen molar-refractivity contribution in [2.75, 3.05) is 39.0 Å². The van der Waals surface area contributed by atoms with E-state index in [4.69, 9.17) is 1.37 Å². The van der Waals surface area contributed by atoms with Crippen molar-refractivity contribution in [1.29, 1.82) is 0 Å². The van der Waals surface area contributed by atoms with Crippen molar-refractivity contribution in [2.45, 2.75) is 32.7 Å². The summed E-state index contributed by atoms with van der Waals surface area (Å²) >= 11 is 1.62. The molecule has 2 fully saturated rings. The largest absolute Gasteiger partial charge is 0.345 e. The Labute approximate surface area is 127 Å². The fourth-order valence-electron chi connectivity index (χ4n) is 3.04. The van der Waals surface area contributed by atoms with Gasteiger partial charge in [0.25, 0.3) is 0 Å². The van der Waals surface area contributed by atoms with Gasteiger partial charge in [-0.2, -0.15) is 0 Å².